The normalized spacial score (nSPS) is 22.7. The van der Waals surface area contributed by atoms with Crippen LogP contribution in [-0.2, 0) is 0 Å². The summed E-state index contributed by atoms with van der Waals surface area (Å²) in [4.78, 5) is 6.85. The molecule has 0 amide bonds. The molecule has 0 spiro atoms. The number of nitrogens with zero attached hydrogens (tertiary/aromatic N) is 3. The molecule has 1 aromatic heterocycles. The highest BCUT2D eigenvalue weighted by molar-refractivity contribution is 7.09. The van der Waals surface area contributed by atoms with Gasteiger partial charge in [0.15, 0.2) is 0 Å². The van der Waals surface area contributed by atoms with Gasteiger partial charge in [-0.1, -0.05) is 0 Å². The minimum atomic E-state index is -0.169. The Labute approximate surface area is 98.9 Å². The number of anilines is 1. The molecule has 0 unspecified atom stereocenters. The van der Waals surface area contributed by atoms with Crippen LogP contribution in [0.15, 0.2) is 0 Å². The molecule has 0 atom stereocenters. The average Bonchev–Trinajstić information content (AvgIpc) is 3.08. The molecule has 1 aromatic rings. The molecule has 16 heavy (non-hydrogen) atoms. The topological polar surface area (TPSA) is 29.0 Å². The van der Waals surface area contributed by atoms with E-state index in [1.165, 1.54) is 24.4 Å². The SMILES string of the molecule is FCC1CCN(c2nc(C3CC3)ns2)CC1. The van der Waals surface area contributed by atoms with Crippen molar-refractivity contribution in [3.05, 3.63) is 5.82 Å². The van der Waals surface area contributed by atoms with E-state index in [0.717, 1.165) is 36.9 Å². The summed E-state index contributed by atoms with van der Waals surface area (Å²) in [5.74, 6) is 1.94. The Hall–Kier alpha value is -0.710. The molecule has 2 fully saturated rings. The van der Waals surface area contributed by atoms with Gasteiger partial charge >= 0.3 is 0 Å². The lowest BCUT2D eigenvalue weighted by atomic mass is 9.99. The molecule has 3 rings (SSSR count). The van der Waals surface area contributed by atoms with Crippen molar-refractivity contribution >= 4 is 16.7 Å². The molecule has 0 N–H and O–H groups in total. The molecule has 1 saturated carbocycles. The summed E-state index contributed by atoms with van der Waals surface area (Å²) in [5.41, 5.74) is 0. The van der Waals surface area contributed by atoms with E-state index in [-0.39, 0.29) is 12.6 Å². The Balaban J connectivity index is 1.63. The number of rotatable bonds is 3. The van der Waals surface area contributed by atoms with Crippen molar-refractivity contribution in [3.8, 4) is 0 Å². The average molecular weight is 241 g/mol. The Morgan fingerprint density at radius 1 is 1.25 bits per heavy atom. The van der Waals surface area contributed by atoms with Gasteiger partial charge in [-0.3, -0.25) is 4.39 Å². The van der Waals surface area contributed by atoms with Gasteiger partial charge < -0.3 is 4.90 Å². The molecular weight excluding hydrogens is 225 g/mol. The van der Waals surface area contributed by atoms with Crippen molar-refractivity contribution in [2.24, 2.45) is 5.92 Å². The first-order valence-corrected chi connectivity index (χ1v) is 6.78. The van der Waals surface area contributed by atoms with Gasteiger partial charge in [-0.25, -0.2) is 4.98 Å². The van der Waals surface area contributed by atoms with Crippen LogP contribution in [0.3, 0.4) is 0 Å². The first-order valence-electron chi connectivity index (χ1n) is 6.01. The van der Waals surface area contributed by atoms with Gasteiger partial charge in [-0.05, 0) is 31.6 Å². The maximum absolute atomic E-state index is 12.5. The van der Waals surface area contributed by atoms with Crippen LogP contribution in [0.2, 0.25) is 0 Å². The van der Waals surface area contributed by atoms with Crippen LogP contribution in [0.1, 0.15) is 37.4 Å². The summed E-state index contributed by atoms with van der Waals surface area (Å²) in [6, 6.07) is 0. The first-order chi connectivity index (χ1) is 7.86. The maximum Gasteiger partial charge on any atom is 0.205 e. The van der Waals surface area contributed by atoms with Crippen LogP contribution in [0.4, 0.5) is 9.52 Å². The highest BCUT2D eigenvalue weighted by Crippen LogP contribution is 2.40. The van der Waals surface area contributed by atoms with Gasteiger partial charge in [-0.2, -0.15) is 4.37 Å². The highest BCUT2D eigenvalue weighted by Gasteiger charge is 2.29. The van der Waals surface area contributed by atoms with Gasteiger partial charge in [-0.15, -0.1) is 0 Å². The number of halogens is 1. The van der Waals surface area contributed by atoms with Crippen LogP contribution < -0.4 is 4.90 Å². The predicted octanol–water partition coefficient (Wildman–Crippen LogP) is 2.60. The fourth-order valence-electron chi connectivity index (χ4n) is 2.14. The maximum atomic E-state index is 12.5. The summed E-state index contributed by atoms with van der Waals surface area (Å²) < 4.78 is 16.9. The smallest absolute Gasteiger partial charge is 0.205 e. The number of hydrogen-bond acceptors (Lipinski definition) is 4. The summed E-state index contributed by atoms with van der Waals surface area (Å²) in [7, 11) is 0. The number of aromatic nitrogens is 2. The first kappa shape index (κ1) is 10.4. The van der Waals surface area contributed by atoms with Crippen molar-refractivity contribution in [3.63, 3.8) is 0 Å². The minimum absolute atomic E-state index is 0.169. The Bertz CT molecular complexity index is 356. The van der Waals surface area contributed by atoms with E-state index in [0.29, 0.717) is 5.92 Å². The van der Waals surface area contributed by atoms with E-state index in [1.807, 2.05) is 0 Å². The number of piperidine rings is 1. The van der Waals surface area contributed by atoms with Crippen molar-refractivity contribution in [1.29, 1.82) is 0 Å². The molecule has 2 aliphatic rings. The summed E-state index contributed by atoms with van der Waals surface area (Å²) >= 11 is 1.50. The molecule has 5 heteroatoms. The monoisotopic (exact) mass is 241 g/mol. The molecule has 3 nitrogen and oxygen atoms in total. The van der Waals surface area contributed by atoms with Gasteiger partial charge in [0.25, 0.3) is 0 Å². The lowest BCUT2D eigenvalue weighted by Crippen LogP contribution is -2.34. The molecule has 1 aliphatic carbocycles. The minimum Gasteiger partial charge on any atom is -0.347 e. The highest BCUT2D eigenvalue weighted by atomic mass is 32.1. The van der Waals surface area contributed by atoms with E-state index in [4.69, 9.17) is 0 Å². The van der Waals surface area contributed by atoms with Gasteiger partial charge in [0.2, 0.25) is 5.13 Å². The lowest BCUT2D eigenvalue weighted by Gasteiger charge is -2.29. The molecule has 1 aliphatic heterocycles. The zero-order valence-electron chi connectivity index (χ0n) is 9.23. The lowest BCUT2D eigenvalue weighted by molar-refractivity contribution is 0.307. The third-order valence-corrected chi connectivity index (χ3v) is 4.27. The molecule has 1 saturated heterocycles. The third kappa shape index (κ3) is 2.05. The van der Waals surface area contributed by atoms with E-state index in [1.54, 1.807) is 0 Å². The Morgan fingerprint density at radius 3 is 2.62 bits per heavy atom. The fourth-order valence-corrected chi connectivity index (χ4v) is 2.94. The third-order valence-electron chi connectivity index (χ3n) is 3.48. The molecule has 2 heterocycles. The van der Waals surface area contributed by atoms with Crippen molar-refractivity contribution in [1.82, 2.24) is 9.36 Å². The van der Waals surface area contributed by atoms with Crippen molar-refractivity contribution in [2.45, 2.75) is 31.6 Å². The van der Waals surface area contributed by atoms with Crippen molar-refractivity contribution in [2.75, 3.05) is 24.7 Å². The molecule has 0 bridgehead atoms. The quantitative estimate of drug-likeness (QED) is 0.814. The van der Waals surface area contributed by atoms with E-state index >= 15 is 0 Å². The van der Waals surface area contributed by atoms with Crippen LogP contribution in [-0.4, -0.2) is 29.1 Å². The van der Waals surface area contributed by atoms with Crippen molar-refractivity contribution < 1.29 is 4.39 Å². The Kier molecular flexibility index (Phi) is 2.79. The predicted molar refractivity (Wildman–Crippen MR) is 62.8 cm³/mol. The fraction of sp³-hybridized carbons (Fsp3) is 0.818. The van der Waals surface area contributed by atoms with Gasteiger partial charge in [0, 0.05) is 30.5 Å². The van der Waals surface area contributed by atoms with E-state index in [2.05, 4.69) is 14.3 Å². The van der Waals surface area contributed by atoms with Crippen LogP contribution in [0, 0.1) is 5.92 Å². The van der Waals surface area contributed by atoms with Crippen LogP contribution in [0.5, 0.6) is 0 Å². The van der Waals surface area contributed by atoms with E-state index in [9.17, 15) is 4.39 Å². The summed E-state index contributed by atoms with van der Waals surface area (Å²) in [6.07, 6.45) is 4.41. The molecule has 0 aromatic carbocycles. The second kappa shape index (κ2) is 4.28. The van der Waals surface area contributed by atoms with Crippen LogP contribution in [0.25, 0.3) is 0 Å². The van der Waals surface area contributed by atoms with Crippen LogP contribution >= 0.6 is 11.5 Å². The number of alkyl halides is 1. The zero-order chi connectivity index (χ0) is 11.0. The Morgan fingerprint density at radius 2 is 2.00 bits per heavy atom. The number of hydrogen-bond donors (Lipinski definition) is 0. The second-order valence-electron chi connectivity index (χ2n) is 4.79. The summed E-state index contributed by atoms with van der Waals surface area (Å²) in [5, 5.41) is 1.04. The zero-order valence-corrected chi connectivity index (χ0v) is 10.0. The molecule has 0 radical (unpaired) electrons. The molecular formula is C11H16FN3S. The van der Waals surface area contributed by atoms with Gasteiger partial charge in [0.1, 0.15) is 5.82 Å². The molecule has 88 valence electrons. The second-order valence-corrected chi connectivity index (χ2v) is 5.52. The standard InChI is InChI=1S/C11H16FN3S/c12-7-8-3-5-15(6-4-8)11-13-10(14-16-11)9-1-2-9/h8-9H,1-7H2. The summed E-state index contributed by atoms with van der Waals surface area (Å²) in [6.45, 7) is 1.71. The van der Waals surface area contributed by atoms with E-state index < -0.39 is 0 Å². The van der Waals surface area contributed by atoms with Gasteiger partial charge in [0.05, 0.1) is 6.67 Å². The largest absolute Gasteiger partial charge is 0.347 e.